The molecule has 0 radical (unpaired) electrons. The molecule has 1 fully saturated rings. The van der Waals surface area contributed by atoms with Gasteiger partial charge in [0.2, 0.25) is 5.91 Å². The minimum atomic E-state index is -0.544. The highest BCUT2D eigenvalue weighted by atomic mass is 16.5. The van der Waals surface area contributed by atoms with Gasteiger partial charge in [-0.2, -0.15) is 0 Å². The zero-order valence-electron chi connectivity index (χ0n) is 16.5. The van der Waals surface area contributed by atoms with Gasteiger partial charge in [-0.1, -0.05) is 43.7 Å². The number of alkyl carbamates (subject to hydrolysis) is 1. The third-order valence-corrected chi connectivity index (χ3v) is 4.96. The first kappa shape index (κ1) is 20.3. The summed E-state index contributed by atoms with van der Waals surface area (Å²) in [5.74, 6) is 0.792. The number of rotatable bonds is 6. The number of benzene rings is 1. The van der Waals surface area contributed by atoms with Crippen LogP contribution in [0, 0.1) is 18.8 Å². The molecule has 5 heteroatoms. The monoisotopic (exact) mass is 360 g/mol. The van der Waals surface area contributed by atoms with Crippen LogP contribution in [0.2, 0.25) is 0 Å². The van der Waals surface area contributed by atoms with Gasteiger partial charge in [0.15, 0.2) is 0 Å². The summed E-state index contributed by atoms with van der Waals surface area (Å²) in [4.78, 5) is 26.5. The van der Waals surface area contributed by atoms with Crippen LogP contribution in [-0.4, -0.2) is 43.1 Å². The number of aryl methyl sites for hydroxylation is 1. The van der Waals surface area contributed by atoms with Crippen LogP contribution in [0.1, 0.15) is 44.2 Å². The molecule has 0 bridgehead atoms. The molecule has 0 aliphatic carbocycles. The molecule has 1 heterocycles. The van der Waals surface area contributed by atoms with Gasteiger partial charge in [-0.3, -0.25) is 4.79 Å². The molecule has 144 valence electrons. The summed E-state index contributed by atoms with van der Waals surface area (Å²) in [5, 5.41) is 2.71. The zero-order valence-corrected chi connectivity index (χ0v) is 16.5. The molecule has 1 saturated heterocycles. The molecule has 1 aromatic carbocycles. The maximum atomic E-state index is 13.0. The van der Waals surface area contributed by atoms with Crippen molar-refractivity contribution in [2.24, 2.45) is 11.8 Å². The normalized spacial score (nSPS) is 18.5. The fraction of sp³-hybridized carbons (Fsp3) is 0.619. The Kier molecular flexibility index (Phi) is 7.49. The molecule has 26 heavy (non-hydrogen) atoms. The van der Waals surface area contributed by atoms with Gasteiger partial charge in [-0.25, -0.2) is 4.79 Å². The van der Waals surface area contributed by atoms with Crippen LogP contribution >= 0.6 is 0 Å². The summed E-state index contributed by atoms with van der Waals surface area (Å²) in [6.45, 7) is 7.71. The standard InChI is InChI=1S/C21H32N2O3/c1-15(2)12-19(22-21(25)26-4)20(24)23-11-5-6-18(14-23)13-17-9-7-16(3)8-10-17/h7-10,15,18-19H,5-6,11-14H2,1-4H3,(H,22,25)/t18-,19+/m0/s1. The zero-order chi connectivity index (χ0) is 19.1. The van der Waals surface area contributed by atoms with E-state index in [9.17, 15) is 9.59 Å². The number of methoxy groups -OCH3 is 1. The number of piperidine rings is 1. The lowest BCUT2D eigenvalue weighted by atomic mass is 9.90. The first-order valence-corrected chi connectivity index (χ1v) is 9.57. The molecule has 0 unspecified atom stereocenters. The van der Waals surface area contributed by atoms with Gasteiger partial charge < -0.3 is 15.0 Å². The van der Waals surface area contributed by atoms with Crippen LogP contribution in [0.4, 0.5) is 4.79 Å². The predicted molar refractivity (Wildman–Crippen MR) is 103 cm³/mol. The highest BCUT2D eigenvalue weighted by Crippen LogP contribution is 2.22. The van der Waals surface area contributed by atoms with E-state index in [4.69, 9.17) is 0 Å². The number of nitrogens with zero attached hydrogens (tertiary/aromatic N) is 1. The largest absolute Gasteiger partial charge is 0.453 e. The lowest BCUT2D eigenvalue weighted by Gasteiger charge is -2.35. The third-order valence-electron chi connectivity index (χ3n) is 4.96. The molecule has 1 aliphatic rings. The SMILES string of the molecule is COC(=O)N[C@H](CC(C)C)C(=O)N1CCC[C@@H](Cc2ccc(C)cc2)C1. The van der Waals surface area contributed by atoms with E-state index in [2.05, 4.69) is 55.1 Å². The second-order valence-corrected chi connectivity index (χ2v) is 7.80. The smallest absolute Gasteiger partial charge is 0.407 e. The first-order valence-electron chi connectivity index (χ1n) is 9.57. The summed E-state index contributed by atoms with van der Waals surface area (Å²) in [6, 6.07) is 8.12. The van der Waals surface area contributed by atoms with Gasteiger partial charge in [-0.05, 0) is 50.0 Å². The molecule has 1 aromatic rings. The maximum Gasteiger partial charge on any atom is 0.407 e. The molecule has 2 amide bonds. The van der Waals surface area contributed by atoms with Gasteiger partial charge in [0.1, 0.15) is 6.04 Å². The predicted octanol–water partition coefficient (Wildman–Crippen LogP) is 3.55. The van der Waals surface area contributed by atoms with Crippen LogP contribution in [0.3, 0.4) is 0 Å². The summed E-state index contributed by atoms with van der Waals surface area (Å²) in [7, 11) is 1.32. The highest BCUT2D eigenvalue weighted by molar-refractivity contribution is 5.85. The maximum absolute atomic E-state index is 13.0. The Labute approximate surface area is 157 Å². The Bertz CT molecular complexity index is 598. The van der Waals surface area contributed by atoms with Crippen molar-refractivity contribution in [3.8, 4) is 0 Å². The van der Waals surface area contributed by atoms with Gasteiger partial charge in [0, 0.05) is 13.1 Å². The van der Waals surface area contributed by atoms with E-state index in [-0.39, 0.29) is 5.91 Å². The summed E-state index contributed by atoms with van der Waals surface area (Å²) in [5.41, 5.74) is 2.58. The topological polar surface area (TPSA) is 58.6 Å². The molecular weight excluding hydrogens is 328 g/mol. The summed E-state index contributed by atoms with van der Waals surface area (Å²) in [6.07, 6.45) is 3.21. The summed E-state index contributed by atoms with van der Waals surface area (Å²) >= 11 is 0. The number of carbonyl (C=O) groups excluding carboxylic acids is 2. The number of likely N-dealkylation sites (tertiary alicyclic amines) is 1. The van der Waals surface area contributed by atoms with Gasteiger partial charge in [-0.15, -0.1) is 0 Å². The van der Waals surface area contributed by atoms with E-state index < -0.39 is 12.1 Å². The third kappa shape index (κ3) is 6.04. The van der Waals surface area contributed by atoms with Crippen molar-refractivity contribution >= 4 is 12.0 Å². The molecule has 2 atom stereocenters. The van der Waals surface area contributed by atoms with E-state index in [1.54, 1.807) is 0 Å². The van der Waals surface area contributed by atoms with Gasteiger partial charge >= 0.3 is 6.09 Å². The fourth-order valence-corrected chi connectivity index (χ4v) is 3.60. The lowest BCUT2D eigenvalue weighted by Crippen LogP contribution is -2.52. The number of hydrogen-bond acceptors (Lipinski definition) is 3. The first-order chi connectivity index (χ1) is 12.4. The highest BCUT2D eigenvalue weighted by Gasteiger charge is 2.30. The Morgan fingerprint density at radius 3 is 2.58 bits per heavy atom. The van der Waals surface area contributed by atoms with Gasteiger partial charge in [0.25, 0.3) is 0 Å². The molecule has 1 N–H and O–H groups in total. The fourth-order valence-electron chi connectivity index (χ4n) is 3.60. The molecule has 5 nitrogen and oxygen atoms in total. The van der Waals surface area contributed by atoms with Crippen molar-refractivity contribution in [3.63, 3.8) is 0 Å². The lowest BCUT2D eigenvalue weighted by molar-refractivity contribution is -0.135. The Morgan fingerprint density at radius 1 is 1.27 bits per heavy atom. The Hall–Kier alpha value is -2.04. The second-order valence-electron chi connectivity index (χ2n) is 7.80. The van der Waals surface area contributed by atoms with Crippen molar-refractivity contribution in [2.45, 2.75) is 52.5 Å². The molecule has 1 aliphatic heterocycles. The molecule has 2 rings (SSSR count). The number of ether oxygens (including phenoxy) is 1. The minimum Gasteiger partial charge on any atom is -0.453 e. The van der Waals surface area contributed by atoms with Crippen LogP contribution in [0.5, 0.6) is 0 Å². The molecular formula is C21H32N2O3. The number of nitrogens with one attached hydrogen (secondary N) is 1. The van der Waals surface area contributed by atoms with E-state index in [0.717, 1.165) is 32.4 Å². The molecule has 0 aromatic heterocycles. The Balaban J connectivity index is 1.99. The quantitative estimate of drug-likeness (QED) is 0.844. The van der Waals surface area contributed by atoms with E-state index >= 15 is 0 Å². The van der Waals surface area contributed by atoms with Crippen LogP contribution in [0.25, 0.3) is 0 Å². The van der Waals surface area contributed by atoms with E-state index in [1.807, 2.05) is 4.90 Å². The van der Waals surface area contributed by atoms with Gasteiger partial charge in [0.05, 0.1) is 7.11 Å². The van der Waals surface area contributed by atoms with Crippen LogP contribution in [-0.2, 0) is 16.0 Å². The van der Waals surface area contributed by atoms with Crippen molar-refractivity contribution in [2.75, 3.05) is 20.2 Å². The van der Waals surface area contributed by atoms with Crippen LogP contribution in [0.15, 0.2) is 24.3 Å². The Morgan fingerprint density at radius 2 is 1.96 bits per heavy atom. The molecule has 0 spiro atoms. The number of hydrogen-bond donors (Lipinski definition) is 1. The van der Waals surface area contributed by atoms with E-state index in [0.29, 0.717) is 18.3 Å². The number of amides is 2. The van der Waals surface area contributed by atoms with Crippen molar-refractivity contribution < 1.29 is 14.3 Å². The van der Waals surface area contributed by atoms with Crippen molar-refractivity contribution in [1.82, 2.24) is 10.2 Å². The van der Waals surface area contributed by atoms with Crippen molar-refractivity contribution in [1.29, 1.82) is 0 Å². The van der Waals surface area contributed by atoms with Crippen LogP contribution < -0.4 is 5.32 Å². The molecule has 0 saturated carbocycles. The minimum absolute atomic E-state index is 0.0118. The number of carbonyl (C=O) groups is 2. The van der Waals surface area contributed by atoms with E-state index in [1.165, 1.54) is 18.2 Å². The average molecular weight is 360 g/mol. The summed E-state index contributed by atoms with van der Waals surface area (Å²) < 4.78 is 4.69. The average Bonchev–Trinajstić information content (AvgIpc) is 2.62. The van der Waals surface area contributed by atoms with Crippen molar-refractivity contribution in [3.05, 3.63) is 35.4 Å². The second kappa shape index (κ2) is 9.60.